The quantitative estimate of drug-likeness (QED) is 0.820. The van der Waals surface area contributed by atoms with Crippen LogP contribution in [0.3, 0.4) is 0 Å². The fourth-order valence-corrected chi connectivity index (χ4v) is 3.12. The lowest BCUT2D eigenvalue weighted by atomic mass is 10.4. The molecule has 1 unspecified atom stereocenters. The molecule has 1 aliphatic heterocycles. The van der Waals surface area contributed by atoms with Crippen LogP contribution in [0.25, 0.3) is 0 Å². The second-order valence-corrected chi connectivity index (χ2v) is 6.10. The zero-order chi connectivity index (χ0) is 12.8. The van der Waals surface area contributed by atoms with Gasteiger partial charge in [-0.25, -0.2) is 4.98 Å². The fourth-order valence-electron chi connectivity index (χ4n) is 1.59. The highest BCUT2D eigenvalue weighted by atomic mass is 32.2. The third-order valence-electron chi connectivity index (χ3n) is 2.66. The molecule has 1 fully saturated rings. The average molecular weight is 287 g/mol. The van der Waals surface area contributed by atoms with E-state index in [0.29, 0.717) is 6.67 Å². The number of hydrogen-bond donors (Lipinski definition) is 1. The number of thioether (sulfide) groups is 1. The first-order valence-corrected chi connectivity index (χ1v) is 7.70. The van der Waals surface area contributed by atoms with E-state index in [4.69, 9.17) is 4.74 Å². The maximum absolute atomic E-state index is 11.9. The fraction of sp³-hybridized carbons (Fsp3) is 0.636. The Hall–Kier alpha value is -0.630. The summed E-state index contributed by atoms with van der Waals surface area (Å²) in [6.45, 7) is 5.77. The van der Waals surface area contributed by atoms with Gasteiger partial charge in [0.25, 0.3) is 0 Å². The van der Waals surface area contributed by atoms with Crippen LogP contribution in [0.15, 0.2) is 15.9 Å². The molecule has 0 bridgehead atoms. The number of thiazole rings is 1. The molecule has 2 heterocycles. The zero-order valence-electron chi connectivity index (χ0n) is 10.3. The van der Waals surface area contributed by atoms with E-state index in [-0.39, 0.29) is 11.2 Å². The molecular formula is C11H17N3O2S2. The van der Waals surface area contributed by atoms with Crippen molar-refractivity contribution in [1.29, 1.82) is 0 Å². The van der Waals surface area contributed by atoms with Crippen molar-refractivity contribution in [3.8, 4) is 0 Å². The third kappa shape index (κ3) is 4.24. The molecule has 18 heavy (non-hydrogen) atoms. The van der Waals surface area contributed by atoms with Gasteiger partial charge >= 0.3 is 0 Å². The minimum Gasteiger partial charge on any atom is -0.379 e. The summed E-state index contributed by atoms with van der Waals surface area (Å²) in [4.78, 5) is 18.2. The van der Waals surface area contributed by atoms with E-state index in [1.54, 1.807) is 16.8 Å². The van der Waals surface area contributed by atoms with E-state index >= 15 is 0 Å². The Labute approximate surface area is 115 Å². The molecule has 0 radical (unpaired) electrons. The molecule has 1 amide bonds. The number of ether oxygens (including phenoxy) is 1. The summed E-state index contributed by atoms with van der Waals surface area (Å²) >= 11 is 3.03. The molecule has 1 aromatic rings. The molecule has 0 spiro atoms. The van der Waals surface area contributed by atoms with Crippen molar-refractivity contribution in [3.05, 3.63) is 10.9 Å². The number of aromatic nitrogens is 1. The number of morpholine rings is 1. The number of rotatable bonds is 5. The monoisotopic (exact) mass is 287 g/mol. The average Bonchev–Trinajstić information content (AvgIpc) is 2.90. The Morgan fingerprint density at radius 2 is 2.44 bits per heavy atom. The summed E-state index contributed by atoms with van der Waals surface area (Å²) in [6, 6.07) is 0. The Morgan fingerprint density at radius 1 is 1.67 bits per heavy atom. The number of carbonyl (C=O) groups is 1. The second kappa shape index (κ2) is 7.08. The first kappa shape index (κ1) is 13.8. The minimum atomic E-state index is -0.117. The van der Waals surface area contributed by atoms with Gasteiger partial charge in [0.1, 0.15) is 5.03 Å². The molecule has 0 saturated carbocycles. The van der Waals surface area contributed by atoms with Gasteiger partial charge in [-0.1, -0.05) is 11.8 Å². The molecule has 7 heteroatoms. The predicted molar refractivity (Wildman–Crippen MR) is 72.8 cm³/mol. The number of nitrogens with zero attached hydrogens (tertiary/aromatic N) is 2. The van der Waals surface area contributed by atoms with Crippen LogP contribution >= 0.6 is 23.1 Å². The van der Waals surface area contributed by atoms with Crippen molar-refractivity contribution in [2.75, 3.05) is 33.0 Å². The molecule has 1 saturated heterocycles. The van der Waals surface area contributed by atoms with Crippen LogP contribution < -0.4 is 5.32 Å². The molecule has 0 aromatic carbocycles. The smallest absolute Gasteiger partial charge is 0.234 e. The van der Waals surface area contributed by atoms with Gasteiger partial charge in [-0.3, -0.25) is 9.69 Å². The molecular weight excluding hydrogens is 270 g/mol. The van der Waals surface area contributed by atoms with Crippen LogP contribution in [-0.4, -0.2) is 54.0 Å². The highest BCUT2D eigenvalue weighted by Gasteiger charge is 2.17. The van der Waals surface area contributed by atoms with E-state index in [1.165, 1.54) is 11.8 Å². The minimum absolute atomic E-state index is 0.0551. The van der Waals surface area contributed by atoms with Crippen LogP contribution in [0, 0.1) is 0 Å². The summed E-state index contributed by atoms with van der Waals surface area (Å²) in [5, 5.41) is 5.70. The molecule has 1 atom stereocenters. The van der Waals surface area contributed by atoms with Gasteiger partial charge in [-0.15, -0.1) is 11.3 Å². The third-order valence-corrected chi connectivity index (χ3v) is 4.43. The molecule has 5 nitrogen and oxygen atoms in total. The number of hydrogen-bond acceptors (Lipinski definition) is 6. The lowest BCUT2D eigenvalue weighted by Gasteiger charge is -2.27. The van der Waals surface area contributed by atoms with E-state index in [0.717, 1.165) is 31.3 Å². The second-order valence-electron chi connectivity index (χ2n) is 4.02. The van der Waals surface area contributed by atoms with Crippen molar-refractivity contribution in [2.45, 2.75) is 17.2 Å². The molecule has 1 aromatic heterocycles. The van der Waals surface area contributed by atoms with Gasteiger partial charge in [0.2, 0.25) is 5.91 Å². The maximum atomic E-state index is 11.9. The van der Waals surface area contributed by atoms with Crippen molar-refractivity contribution >= 4 is 29.0 Å². The van der Waals surface area contributed by atoms with Gasteiger partial charge in [0, 0.05) is 18.5 Å². The number of carbonyl (C=O) groups excluding carboxylic acids is 1. The summed E-state index contributed by atoms with van der Waals surface area (Å²) < 4.78 is 5.26. The summed E-state index contributed by atoms with van der Waals surface area (Å²) in [7, 11) is 0. The van der Waals surface area contributed by atoms with E-state index < -0.39 is 0 Å². The van der Waals surface area contributed by atoms with Crippen LogP contribution in [0.5, 0.6) is 0 Å². The van der Waals surface area contributed by atoms with Gasteiger partial charge in [-0.2, -0.15) is 0 Å². The summed E-state index contributed by atoms with van der Waals surface area (Å²) in [5.41, 5.74) is 1.78. The van der Waals surface area contributed by atoms with Gasteiger partial charge in [0.05, 0.1) is 30.6 Å². The first-order valence-electron chi connectivity index (χ1n) is 5.88. The van der Waals surface area contributed by atoms with E-state index in [9.17, 15) is 4.79 Å². The highest BCUT2D eigenvalue weighted by molar-refractivity contribution is 8.00. The van der Waals surface area contributed by atoms with Crippen LogP contribution in [-0.2, 0) is 9.53 Å². The van der Waals surface area contributed by atoms with Gasteiger partial charge < -0.3 is 10.1 Å². The topological polar surface area (TPSA) is 54.5 Å². The van der Waals surface area contributed by atoms with Crippen molar-refractivity contribution in [1.82, 2.24) is 15.2 Å². The van der Waals surface area contributed by atoms with Crippen molar-refractivity contribution < 1.29 is 9.53 Å². The molecule has 100 valence electrons. The van der Waals surface area contributed by atoms with Crippen molar-refractivity contribution in [3.63, 3.8) is 0 Å². The number of amides is 1. The summed E-state index contributed by atoms with van der Waals surface area (Å²) in [6.07, 6.45) is 0. The first-order chi connectivity index (χ1) is 8.75. The molecule has 1 N–H and O–H groups in total. The van der Waals surface area contributed by atoms with Crippen molar-refractivity contribution in [2.24, 2.45) is 0 Å². The number of nitrogens with one attached hydrogen (secondary N) is 1. The predicted octanol–water partition coefficient (Wildman–Crippen LogP) is 1.03. The lowest BCUT2D eigenvalue weighted by molar-refractivity contribution is -0.121. The Morgan fingerprint density at radius 3 is 3.11 bits per heavy atom. The Balaban J connectivity index is 1.70. The maximum Gasteiger partial charge on any atom is 0.234 e. The SMILES string of the molecule is CC(Sc1cscn1)C(=O)NCN1CCOCC1. The molecule has 2 rings (SSSR count). The highest BCUT2D eigenvalue weighted by Crippen LogP contribution is 2.22. The van der Waals surface area contributed by atoms with Gasteiger partial charge in [-0.05, 0) is 6.92 Å². The van der Waals surface area contributed by atoms with Crippen LogP contribution in [0.2, 0.25) is 0 Å². The Kier molecular flexibility index (Phi) is 5.43. The zero-order valence-corrected chi connectivity index (χ0v) is 11.9. The lowest BCUT2D eigenvalue weighted by Crippen LogP contribution is -2.45. The van der Waals surface area contributed by atoms with E-state index in [1.807, 2.05) is 12.3 Å². The molecule has 1 aliphatic rings. The Bertz CT molecular complexity index is 366. The standard InChI is InChI=1S/C11H17N3O2S2/c1-9(18-10-6-17-8-13-10)11(15)12-7-14-2-4-16-5-3-14/h6,8-9H,2-5,7H2,1H3,(H,12,15). The summed E-state index contributed by atoms with van der Waals surface area (Å²) in [5.74, 6) is 0.0551. The normalized spacial score (nSPS) is 18.5. The van der Waals surface area contributed by atoms with Crippen LogP contribution in [0.1, 0.15) is 6.92 Å². The van der Waals surface area contributed by atoms with Crippen LogP contribution in [0.4, 0.5) is 0 Å². The van der Waals surface area contributed by atoms with Gasteiger partial charge in [0.15, 0.2) is 0 Å². The van der Waals surface area contributed by atoms with E-state index in [2.05, 4.69) is 15.2 Å². The molecule has 0 aliphatic carbocycles. The largest absolute Gasteiger partial charge is 0.379 e.